The van der Waals surface area contributed by atoms with E-state index in [1.54, 1.807) is 0 Å². The normalized spacial score (nSPS) is 28.2. The number of nitrogens with zero attached hydrogens (tertiary/aromatic N) is 4. The van der Waals surface area contributed by atoms with Gasteiger partial charge in [-0.25, -0.2) is 9.59 Å². The van der Waals surface area contributed by atoms with Crippen molar-refractivity contribution < 1.29 is 28.5 Å². The van der Waals surface area contributed by atoms with Gasteiger partial charge in [0.25, 0.3) is 0 Å². The molecule has 304 valence electrons. The molecule has 2 unspecified atom stereocenters. The van der Waals surface area contributed by atoms with E-state index in [9.17, 15) is 9.59 Å². The maximum absolute atomic E-state index is 14.0. The lowest BCUT2D eigenvalue weighted by atomic mass is 9.77. The minimum absolute atomic E-state index is 0.0836. The van der Waals surface area contributed by atoms with E-state index in [1.807, 2.05) is 72.8 Å². The maximum atomic E-state index is 14.0. The Labute approximate surface area is 342 Å². The van der Waals surface area contributed by atoms with Gasteiger partial charge in [-0.1, -0.05) is 121 Å². The van der Waals surface area contributed by atoms with E-state index in [1.165, 1.54) is 12.2 Å². The molecular weight excluding hydrogens is 729 g/mol. The van der Waals surface area contributed by atoms with Gasteiger partial charge in [-0.05, 0) is 50.4 Å². The van der Waals surface area contributed by atoms with E-state index in [0.717, 1.165) is 48.4 Å². The third-order valence-electron chi connectivity index (χ3n) is 12.2. The number of benzene rings is 4. The van der Waals surface area contributed by atoms with Gasteiger partial charge in [0.1, 0.15) is 24.4 Å². The molecule has 10 nitrogen and oxygen atoms in total. The van der Waals surface area contributed by atoms with Crippen molar-refractivity contribution in [2.45, 2.75) is 35.6 Å². The van der Waals surface area contributed by atoms with Crippen molar-refractivity contribution in [1.29, 1.82) is 0 Å². The lowest BCUT2D eigenvalue weighted by Crippen LogP contribution is -2.71. The molecule has 4 saturated heterocycles. The number of carbonyl (C=O) groups is 2. The Bertz CT molecular complexity index is 1770. The van der Waals surface area contributed by atoms with Gasteiger partial charge in [0.05, 0.1) is 0 Å². The first-order chi connectivity index (χ1) is 28.1. The molecule has 4 heterocycles. The molecule has 10 heteroatoms. The van der Waals surface area contributed by atoms with Crippen LogP contribution in [0.1, 0.15) is 34.5 Å². The molecular formula is C48H56N4O6. The van der Waals surface area contributed by atoms with Gasteiger partial charge < -0.3 is 38.5 Å². The number of fused-ring (bicyclic) bond motifs is 4. The van der Waals surface area contributed by atoms with E-state index in [0.29, 0.717) is 26.2 Å². The Morgan fingerprint density at radius 2 is 0.741 bits per heavy atom. The van der Waals surface area contributed by atoms with Crippen LogP contribution >= 0.6 is 0 Å². The summed E-state index contributed by atoms with van der Waals surface area (Å²) < 4.78 is 27.4. The monoisotopic (exact) mass is 784 g/mol. The maximum Gasteiger partial charge on any atom is 0.331 e. The zero-order chi connectivity index (χ0) is 40.3. The average Bonchev–Trinajstić information content (AvgIpc) is 3.20. The summed E-state index contributed by atoms with van der Waals surface area (Å²) in [5.41, 5.74) is 2.18. The fourth-order valence-electron chi connectivity index (χ4n) is 10.3. The number of likely N-dealkylation sites (tertiary alicyclic amines) is 4. The second kappa shape index (κ2) is 17.3. The van der Waals surface area contributed by atoms with Gasteiger partial charge in [-0.3, -0.25) is 0 Å². The molecule has 4 aromatic carbocycles. The number of rotatable bonds is 12. The lowest BCUT2D eigenvalue weighted by molar-refractivity contribution is -0.230. The zero-order valence-corrected chi connectivity index (χ0v) is 34.1. The summed E-state index contributed by atoms with van der Waals surface area (Å²) in [6.07, 6.45) is 0.960. The van der Waals surface area contributed by atoms with Crippen LogP contribution in [0.25, 0.3) is 0 Å². The van der Waals surface area contributed by atoms with Crippen LogP contribution in [0.15, 0.2) is 133 Å². The van der Waals surface area contributed by atoms with Gasteiger partial charge in [0.15, 0.2) is 11.2 Å². The molecule has 0 N–H and O–H groups in total. The third kappa shape index (κ3) is 8.69. The summed E-state index contributed by atoms with van der Waals surface area (Å²) in [5, 5.41) is 0. The molecule has 8 rings (SSSR count). The van der Waals surface area contributed by atoms with Crippen LogP contribution in [-0.2, 0) is 28.5 Å². The highest BCUT2D eigenvalue weighted by molar-refractivity contribution is 5.92. The van der Waals surface area contributed by atoms with Crippen molar-refractivity contribution in [3.8, 4) is 0 Å². The molecule has 0 aromatic heterocycles. The number of esters is 2. The SMILES string of the molecule is CN1CC2CN(C)CC(OC(=O)/C=C/C(=O)OC34CN(C)CC(CN(C)C3)C4OC(c3ccccc3)c3ccccc3)(C1)C2OC(c1ccccc1)c1ccccc1. The van der Waals surface area contributed by atoms with Gasteiger partial charge in [0, 0.05) is 76.3 Å². The van der Waals surface area contributed by atoms with Crippen molar-refractivity contribution >= 4 is 11.9 Å². The highest BCUT2D eigenvalue weighted by Crippen LogP contribution is 2.43. The lowest BCUT2D eigenvalue weighted by Gasteiger charge is -2.56. The number of ether oxygens (including phenoxy) is 4. The summed E-state index contributed by atoms with van der Waals surface area (Å²) in [6.45, 7) is 5.18. The summed E-state index contributed by atoms with van der Waals surface area (Å²) in [6, 6.07) is 40.8. The molecule has 4 aromatic rings. The summed E-state index contributed by atoms with van der Waals surface area (Å²) in [4.78, 5) is 36.8. The van der Waals surface area contributed by atoms with Crippen molar-refractivity contribution in [2.75, 3.05) is 80.5 Å². The number of hydrogen-bond donors (Lipinski definition) is 0. The zero-order valence-electron chi connectivity index (χ0n) is 34.1. The van der Waals surface area contributed by atoms with Crippen LogP contribution in [0.5, 0.6) is 0 Å². The first kappa shape index (κ1) is 40.1. The molecule has 0 saturated carbocycles. The largest absolute Gasteiger partial charge is 0.450 e. The van der Waals surface area contributed by atoms with Crippen molar-refractivity contribution in [3.05, 3.63) is 156 Å². The Kier molecular flexibility index (Phi) is 11.9. The highest BCUT2D eigenvalue weighted by Gasteiger charge is 2.57. The van der Waals surface area contributed by atoms with E-state index in [-0.39, 0.29) is 36.3 Å². The van der Waals surface area contributed by atoms with Crippen LogP contribution in [0.4, 0.5) is 0 Å². The van der Waals surface area contributed by atoms with E-state index < -0.39 is 23.1 Å². The fourth-order valence-corrected chi connectivity index (χ4v) is 10.3. The van der Waals surface area contributed by atoms with E-state index in [2.05, 4.69) is 96.3 Å². The summed E-state index contributed by atoms with van der Waals surface area (Å²) >= 11 is 0. The number of hydrogen-bond acceptors (Lipinski definition) is 10. The number of carbonyl (C=O) groups excluding carboxylic acids is 2. The van der Waals surface area contributed by atoms with Gasteiger partial charge in [-0.15, -0.1) is 0 Å². The predicted octanol–water partition coefficient (Wildman–Crippen LogP) is 5.47. The highest BCUT2D eigenvalue weighted by atomic mass is 16.6. The number of piperidine rings is 4. The predicted molar refractivity (Wildman–Crippen MR) is 223 cm³/mol. The molecule has 4 aliphatic heterocycles. The molecule has 0 aliphatic carbocycles. The first-order valence-corrected chi connectivity index (χ1v) is 20.5. The Hall–Kier alpha value is -4.68. The minimum atomic E-state index is -0.981. The number of likely N-dealkylation sites (N-methyl/N-ethyl adjacent to an activating group) is 4. The molecule has 2 atom stereocenters. The summed E-state index contributed by atoms with van der Waals surface area (Å²) in [7, 11) is 8.24. The van der Waals surface area contributed by atoms with Gasteiger partial charge in [-0.2, -0.15) is 0 Å². The Morgan fingerprint density at radius 1 is 0.483 bits per heavy atom. The second-order valence-corrected chi connectivity index (χ2v) is 17.1. The smallest absolute Gasteiger partial charge is 0.331 e. The van der Waals surface area contributed by atoms with Gasteiger partial charge in [0.2, 0.25) is 0 Å². The van der Waals surface area contributed by atoms with Gasteiger partial charge >= 0.3 is 11.9 Å². The van der Waals surface area contributed by atoms with Crippen LogP contribution in [0.3, 0.4) is 0 Å². The third-order valence-corrected chi connectivity index (χ3v) is 12.2. The molecule has 58 heavy (non-hydrogen) atoms. The topological polar surface area (TPSA) is 84.0 Å². The van der Waals surface area contributed by atoms with Crippen LogP contribution in [0.2, 0.25) is 0 Å². The quantitative estimate of drug-likeness (QED) is 0.136. The van der Waals surface area contributed by atoms with Crippen molar-refractivity contribution in [1.82, 2.24) is 19.6 Å². The molecule has 0 radical (unpaired) electrons. The minimum Gasteiger partial charge on any atom is -0.450 e. The molecule has 0 amide bonds. The molecule has 4 aliphatic rings. The summed E-state index contributed by atoms with van der Waals surface area (Å²) in [5.74, 6) is -1.05. The molecule has 0 spiro atoms. The van der Waals surface area contributed by atoms with Crippen molar-refractivity contribution in [3.63, 3.8) is 0 Å². The average molecular weight is 785 g/mol. The van der Waals surface area contributed by atoms with Crippen LogP contribution < -0.4 is 0 Å². The van der Waals surface area contributed by atoms with Crippen molar-refractivity contribution in [2.24, 2.45) is 11.8 Å². The fraction of sp³-hybridized carbons (Fsp3) is 0.417. The van der Waals surface area contributed by atoms with E-state index >= 15 is 0 Å². The first-order valence-electron chi connectivity index (χ1n) is 20.5. The standard InChI is InChI=1S/C48H56N4O6/c1-49-27-39-28-50(2)32-47(31-49,45(39)55-43(35-17-9-5-10-18-35)36-19-11-6-12-20-36)57-41(53)25-26-42(54)58-48-33-51(3)29-40(30-52(4)34-48)46(48)56-44(37-21-13-7-14-22-37)38-23-15-8-16-24-38/h5-26,39-40,43-46H,27-34H2,1-4H3/b26-25+. The molecule has 4 bridgehead atoms. The second-order valence-electron chi connectivity index (χ2n) is 17.1. The Morgan fingerprint density at radius 3 is 1.00 bits per heavy atom. The van der Waals surface area contributed by atoms with Crippen LogP contribution in [0, 0.1) is 11.8 Å². The van der Waals surface area contributed by atoms with Crippen LogP contribution in [-0.4, -0.2) is 135 Å². The van der Waals surface area contributed by atoms with E-state index in [4.69, 9.17) is 18.9 Å². The molecule has 4 fully saturated rings. The Balaban J connectivity index is 1.04.